The Bertz CT molecular complexity index is 961. The summed E-state index contributed by atoms with van der Waals surface area (Å²) in [6.45, 7) is 6.02. The summed E-state index contributed by atoms with van der Waals surface area (Å²) in [5, 5.41) is 3.40. The third-order valence-electron chi connectivity index (χ3n) is 4.92. The molecule has 0 unspecified atom stereocenters. The van der Waals surface area contributed by atoms with Crippen LogP contribution in [0.3, 0.4) is 0 Å². The number of methoxy groups -OCH3 is 1. The fourth-order valence-electron chi connectivity index (χ4n) is 3.52. The van der Waals surface area contributed by atoms with Gasteiger partial charge in [0.1, 0.15) is 11.6 Å². The van der Waals surface area contributed by atoms with Crippen LogP contribution < -0.4 is 15.0 Å². The van der Waals surface area contributed by atoms with E-state index in [-0.39, 0.29) is 0 Å². The van der Waals surface area contributed by atoms with Gasteiger partial charge in [-0.1, -0.05) is 0 Å². The quantitative estimate of drug-likeness (QED) is 0.723. The summed E-state index contributed by atoms with van der Waals surface area (Å²) >= 11 is 0. The van der Waals surface area contributed by atoms with Crippen LogP contribution in [0.15, 0.2) is 36.8 Å². The maximum absolute atomic E-state index is 5.60. The molecule has 4 rings (SSSR count). The van der Waals surface area contributed by atoms with Crippen LogP contribution in [0.1, 0.15) is 30.7 Å². The molecule has 146 valence electrons. The van der Waals surface area contributed by atoms with E-state index < -0.39 is 0 Å². The van der Waals surface area contributed by atoms with Crippen molar-refractivity contribution in [2.24, 2.45) is 0 Å². The molecule has 0 atom stereocenters. The topological polar surface area (TPSA) is 68.1 Å². The second kappa shape index (κ2) is 7.88. The van der Waals surface area contributed by atoms with Crippen molar-refractivity contribution in [3.63, 3.8) is 0 Å². The summed E-state index contributed by atoms with van der Waals surface area (Å²) in [6.07, 6.45) is 7.46. The summed E-state index contributed by atoms with van der Waals surface area (Å²) in [6, 6.07) is 7.98. The van der Waals surface area contributed by atoms with E-state index in [1.807, 2.05) is 48.9 Å². The standard InChI is InChI=1S/C21H26N6O/c1-15-11-20(25-21(23-15)26-9-5-4-6-10-26)24-17-7-8-18(19(12-17)28-3)27-13-16(2)22-14-27/h7-8,11-14H,4-6,9-10H2,1-3H3,(H,23,24,25). The van der Waals surface area contributed by atoms with Gasteiger partial charge in [0.15, 0.2) is 0 Å². The molecule has 3 aromatic rings. The molecule has 0 aliphatic carbocycles. The third kappa shape index (κ3) is 3.93. The van der Waals surface area contributed by atoms with E-state index in [1.165, 1.54) is 19.3 Å². The summed E-state index contributed by atoms with van der Waals surface area (Å²) in [5.41, 5.74) is 3.78. The fraction of sp³-hybridized carbons (Fsp3) is 0.381. The van der Waals surface area contributed by atoms with Crippen LogP contribution in [0.2, 0.25) is 0 Å². The zero-order valence-corrected chi connectivity index (χ0v) is 16.6. The molecular formula is C21H26N6O. The molecular weight excluding hydrogens is 352 g/mol. The predicted octanol–water partition coefficient (Wildman–Crippen LogP) is 4.02. The van der Waals surface area contributed by atoms with Gasteiger partial charge in [-0.2, -0.15) is 4.98 Å². The summed E-state index contributed by atoms with van der Waals surface area (Å²) in [4.78, 5) is 15.9. The lowest BCUT2D eigenvalue weighted by Gasteiger charge is -2.27. The molecule has 7 nitrogen and oxygen atoms in total. The number of aryl methyl sites for hydroxylation is 2. The number of ether oxygens (including phenoxy) is 1. The second-order valence-corrected chi connectivity index (χ2v) is 7.18. The zero-order valence-electron chi connectivity index (χ0n) is 16.6. The first-order chi connectivity index (χ1) is 13.6. The third-order valence-corrected chi connectivity index (χ3v) is 4.92. The van der Waals surface area contributed by atoms with Gasteiger partial charge < -0.3 is 19.5 Å². The van der Waals surface area contributed by atoms with Gasteiger partial charge in [0.2, 0.25) is 5.95 Å². The Kier molecular flexibility index (Phi) is 5.14. The van der Waals surface area contributed by atoms with E-state index in [4.69, 9.17) is 9.72 Å². The first-order valence-corrected chi connectivity index (χ1v) is 9.69. The number of nitrogens with one attached hydrogen (secondary N) is 1. The minimum Gasteiger partial charge on any atom is -0.494 e. The van der Waals surface area contributed by atoms with Gasteiger partial charge in [-0.15, -0.1) is 0 Å². The maximum Gasteiger partial charge on any atom is 0.227 e. The number of imidazole rings is 1. The molecule has 0 spiro atoms. The average Bonchev–Trinajstić information content (AvgIpc) is 3.14. The molecule has 0 saturated carbocycles. The Morgan fingerprint density at radius 1 is 1.00 bits per heavy atom. The number of rotatable bonds is 5. The summed E-state index contributed by atoms with van der Waals surface area (Å²) < 4.78 is 7.56. The van der Waals surface area contributed by atoms with Crippen LogP contribution in [0.25, 0.3) is 5.69 Å². The lowest BCUT2D eigenvalue weighted by Crippen LogP contribution is -2.31. The summed E-state index contributed by atoms with van der Waals surface area (Å²) in [5.74, 6) is 2.37. The first kappa shape index (κ1) is 18.3. The minimum atomic E-state index is 0.768. The Morgan fingerprint density at radius 3 is 2.54 bits per heavy atom. The normalized spacial score (nSPS) is 14.2. The maximum atomic E-state index is 5.60. The van der Waals surface area contributed by atoms with Crippen LogP contribution in [-0.2, 0) is 0 Å². The monoisotopic (exact) mass is 378 g/mol. The van der Waals surface area contributed by atoms with E-state index in [1.54, 1.807) is 13.4 Å². The average molecular weight is 378 g/mol. The van der Waals surface area contributed by atoms with Gasteiger partial charge in [0.05, 0.1) is 24.8 Å². The SMILES string of the molecule is COc1cc(Nc2cc(C)nc(N3CCCCC3)n2)ccc1-n1cnc(C)c1. The molecule has 2 aromatic heterocycles. The highest BCUT2D eigenvalue weighted by Crippen LogP contribution is 2.29. The molecule has 0 amide bonds. The van der Waals surface area contributed by atoms with E-state index in [9.17, 15) is 0 Å². The molecule has 1 saturated heterocycles. The highest BCUT2D eigenvalue weighted by molar-refractivity contribution is 5.64. The van der Waals surface area contributed by atoms with E-state index in [0.717, 1.165) is 53.4 Å². The largest absolute Gasteiger partial charge is 0.494 e. The molecule has 7 heteroatoms. The molecule has 1 aromatic carbocycles. The van der Waals surface area contributed by atoms with Crippen molar-refractivity contribution in [3.8, 4) is 11.4 Å². The van der Waals surface area contributed by atoms with Crippen LogP contribution in [0.5, 0.6) is 5.75 Å². The van der Waals surface area contributed by atoms with Crippen LogP contribution in [0, 0.1) is 13.8 Å². The zero-order chi connectivity index (χ0) is 19.5. The fourth-order valence-corrected chi connectivity index (χ4v) is 3.52. The van der Waals surface area contributed by atoms with Crippen LogP contribution >= 0.6 is 0 Å². The molecule has 0 radical (unpaired) electrons. The highest BCUT2D eigenvalue weighted by atomic mass is 16.5. The van der Waals surface area contributed by atoms with Crippen molar-refractivity contribution >= 4 is 17.5 Å². The van der Waals surface area contributed by atoms with Crippen molar-refractivity contribution in [3.05, 3.63) is 48.2 Å². The molecule has 1 aliphatic rings. The Morgan fingerprint density at radius 2 is 1.82 bits per heavy atom. The van der Waals surface area contributed by atoms with Crippen molar-refractivity contribution in [2.75, 3.05) is 30.4 Å². The van der Waals surface area contributed by atoms with Crippen molar-refractivity contribution in [2.45, 2.75) is 33.1 Å². The number of benzene rings is 1. The molecule has 3 heterocycles. The van der Waals surface area contributed by atoms with Crippen LogP contribution in [0.4, 0.5) is 17.5 Å². The van der Waals surface area contributed by atoms with Crippen molar-refractivity contribution < 1.29 is 4.74 Å². The van der Waals surface area contributed by atoms with Gasteiger partial charge >= 0.3 is 0 Å². The number of piperidine rings is 1. The molecule has 1 N–H and O–H groups in total. The van der Waals surface area contributed by atoms with Gasteiger partial charge in [-0.3, -0.25) is 0 Å². The minimum absolute atomic E-state index is 0.768. The molecule has 1 fully saturated rings. The number of hydrogen-bond donors (Lipinski definition) is 1. The van der Waals surface area contributed by atoms with Crippen molar-refractivity contribution in [1.82, 2.24) is 19.5 Å². The molecule has 0 bridgehead atoms. The van der Waals surface area contributed by atoms with E-state index in [0.29, 0.717) is 0 Å². The Balaban J connectivity index is 1.59. The highest BCUT2D eigenvalue weighted by Gasteiger charge is 2.15. The Labute approximate surface area is 165 Å². The van der Waals surface area contributed by atoms with Gasteiger partial charge in [0.25, 0.3) is 0 Å². The van der Waals surface area contributed by atoms with Gasteiger partial charge in [-0.25, -0.2) is 9.97 Å². The lowest BCUT2D eigenvalue weighted by molar-refractivity contribution is 0.413. The predicted molar refractivity (Wildman–Crippen MR) is 111 cm³/mol. The smallest absolute Gasteiger partial charge is 0.227 e. The van der Waals surface area contributed by atoms with E-state index >= 15 is 0 Å². The van der Waals surface area contributed by atoms with Crippen LogP contribution in [-0.4, -0.2) is 39.7 Å². The molecule has 1 aliphatic heterocycles. The first-order valence-electron chi connectivity index (χ1n) is 9.69. The molecule has 28 heavy (non-hydrogen) atoms. The lowest BCUT2D eigenvalue weighted by atomic mass is 10.1. The summed E-state index contributed by atoms with van der Waals surface area (Å²) in [7, 11) is 1.68. The Hall–Kier alpha value is -3.09. The van der Waals surface area contributed by atoms with E-state index in [2.05, 4.69) is 20.2 Å². The number of hydrogen-bond acceptors (Lipinski definition) is 6. The number of aromatic nitrogens is 4. The number of nitrogens with zero attached hydrogens (tertiary/aromatic N) is 5. The van der Waals surface area contributed by atoms with Gasteiger partial charge in [0, 0.05) is 42.8 Å². The number of anilines is 3. The van der Waals surface area contributed by atoms with Gasteiger partial charge in [-0.05, 0) is 45.2 Å². The van der Waals surface area contributed by atoms with Crippen molar-refractivity contribution in [1.29, 1.82) is 0 Å². The second-order valence-electron chi connectivity index (χ2n) is 7.18.